The number of carboxylic acids is 1. The van der Waals surface area contributed by atoms with Crippen LogP contribution in [0.2, 0.25) is 0 Å². The van der Waals surface area contributed by atoms with Crippen LogP contribution in [0.1, 0.15) is 68.9 Å². The molecule has 0 unspecified atom stereocenters. The van der Waals surface area contributed by atoms with Crippen LogP contribution in [0, 0.1) is 0 Å². The Labute approximate surface area is 199 Å². The predicted octanol–water partition coefficient (Wildman–Crippen LogP) is 4.60. The number of fused-ring (bicyclic) bond motifs is 3. The van der Waals surface area contributed by atoms with E-state index in [1.807, 2.05) is 31.2 Å². The highest BCUT2D eigenvalue weighted by molar-refractivity contribution is 5.81. The minimum Gasteiger partial charge on any atom is -0.481 e. The van der Waals surface area contributed by atoms with E-state index in [-0.39, 0.29) is 31.3 Å². The van der Waals surface area contributed by atoms with E-state index >= 15 is 0 Å². The number of carboxylic acid groups (broad SMARTS) is 1. The van der Waals surface area contributed by atoms with Crippen molar-refractivity contribution in [2.75, 3.05) is 6.61 Å². The average Bonchev–Trinajstić information content (AvgIpc) is 3.09. The smallest absolute Gasteiger partial charge is 0.407 e. The molecule has 1 atom stereocenters. The van der Waals surface area contributed by atoms with E-state index in [9.17, 15) is 14.4 Å². The Morgan fingerprint density at radius 2 is 1.68 bits per heavy atom. The van der Waals surface area contributed by atoms with Crippen LogP contribution in [0.4, 0.5) is 4.79 Å². The number of carbonyl (C=O) groups is 3. The number of aliphatic carboxylic acids is 1. The fourth-order valence-corrected chi connectivity index (χ4v) is 5.17. The van der Waals surface area contributed by atoms with E-state index in [1.54, 1.807) is 0 Å². The van der Waals surface area contributed by atoms with Crippen LogP contribution < -0.4 is 10.6 Å². The van der Waals surface area contributed by atoms with Crippen molar-refractivity contribution >= 4 is 18.0 Å². The molecule has 7 heteroatoms. The maximum absolute atomic E-state index is 12.7. The first-order valence-corrected chi connectivity index (χ1v) is 12.0. The third-order valence-electron chi connectivity index (χ3n) is 6.94. The molecule has 2 aromatic rings. The lowest BCUT2D eigenvalue weighted by atomic mass is 9.74. The Kier molecular flexibility index (Phi) is 7.20. The highest BCUT2D eigenvalue weighted by Gasteiger charge is 2.41. The summed E-state index contributed by atoms with van der Waals surface area (Å²) in [6.45, 7) is 2.17. The molecule has 0 bridgehead atoms. The maximum Gasteiger partial charge on any atom is 0.407 e. The van der Waals surface area contributed by atoms with Gasteiger partial charge in [0.05, 0.1) is 12.0 Å². The minimum absolute atomic E-state index is 0.0235. The molecule has 180 valence electrons. The fourth-order valence-electron chi connectivity index (χ4n) is 5.17. The SMILES string of the molecule is CCC[C@@H](CC(=O)O)NC(=O)CC1(NC(=O)OCC2c3ccccc3-c3ccccc32)CCC1. The van der Waals surface area contributed by atoms with E-state index < -0.39 is 23.6 Å². The molecule has 7 nitrogen and oxygen atoms in total. The molecule has 0 heterocycles. The Balaban J connectivity index is 1.35. The van der Waals surface area contributed by atoms with E-state index in [4.69, 9.17) is 9.84 Å². The van der Waals surface area contributed by atoms with Crippen molar-refractivity contribution in [1.29, 1.82) is 0 Å². The van der Waals surface area contributed by atoms with Crippen molar-refractivity contribution in [2.24, 2.45) is 0 Å². The second-order valence-electron chi connectivity index (χ2n) is 9.41. The number of rotatable bonds is 10. The predicted molar refractivity (Wildman–Crippen MR) is 128 cm³/mol. The lowest BCUT2D eigenvalue weighted by Crippen LogP contribution is -2.56. The Morgan fingerprint density at radius 1 is 1.06 bits per heavy atom. The molecular formula is C27H32N2O5. The van der Waals surface area contributed by atoms with Gasteiger partial charge in [-0.3, -0.25) is 9.59 Å². The van der Waals surface area contributed by atoms with Gasteiger partial charge in [-0.25, -0.2) is 4.79 Å². The molecule has 2 amide bonds. The summed E-state index contributed by atoms with van der Waals surface area (Å²) in [6, 6.07) is 15.9. The number of hydrogen-bond acceptors (Lipinski definition) is 4. The molecule has 0 saturated heterocycles. The lowest BCUT2D eigenvalue weighted by Gasteiger charge is -2.41. The molecule has 0 aliphatic heterocycles. The third kappa shape index (κ3) is 5.24. The van der Waals surface area contributed by atoms with Gasteiger partial charge in [-0.1, -0.05) is 61.9 Å². The first-order valence-electron chi connectivity index (χ1n) is 12.0. The van der Waals surface area contributed by atoms with Crippen LogP contribution in [0.15, 0.2) is 48.5 Å². The number of benzene rings is 2. The maximum atomic E-state index is 12.7. The van der Waals surface area contributed by atoms with Crippen molar-refractivity contribution in [1.82, 2.24) is 10.6 Å². The number of carbonyl (C=O) groups excluding carboxylic acids is 2. The van der Waals surface area contributed by atoms with E-state index in [0.29, 0.717) is 19.3 Å². The van der Waals surface area contributed by atoms with E-state index in [1.165, 1.54) is 11.1 Å². The van der Waals surface area contributed by atoms with Crippen LogP contribution in [-0.2, 0) is 14.3 Å². The van der Waals surface area contributed by atoms with Gasteiger partial charge in [-0.15, -0.1) is 0 Å². The van der Waals surface area contributed by atoms with Gasteiger partial charge in [0, 0.05) is 18.4 Å². The minimum atomic E-state index is -0.936. The monoisotopic (exact) mass is 464 g/mol. The Hall–Kier alpha value is -3.35. The second kappa shape index (κ2) is 10.3. The quantitative estimate of drug-likeness (QED) is 0.477. The summed E-state index contributed by atoms with van der Waals surface area (Å²) in [7, 11) is 0. The summed E-state index contributed by atoms with van der Waals surface area (Å²) in [5.41, 5.74) is 4.00. The van der Waals surface area contributed by atoms with E-state index in [2.05, 4.69) is 34.9 Å². The molecule has 4 rings (SSSR count). The fraction of sp³-hybridized carbons (Fsp3) is 0.444. The second-order valence-corrected chi connectivity index (χ2v) is 9.41. The molecule has 2 aliphatic rings. The first-order chi connectivity index (χ1) is 16.4. The number of nitrogens with one attached hydrogen (secondary N) is 2. The zero-order valence-corrected chi connectivity index (χ0v) is 19.5. The van der Waals surface area contributed by atoms with Crippen LogP contribution >= 0.6 is 0 Å². The largest absolute Gasteiger partial charge is 0.481 e. The number of hydrogen-bond donors (Lipinski definition) is 3. The van der Waals surface area contributed by atoms with Gasteiger partial charge in [-0.2, -0.15) is 0 Å². The summed E-state index contributed by atoms with van der Waals surface area (Å²) in [4.78, 5) is 36.5. The molecular weight excluding hydrogens is 432 g/mol. The van der Waals surface area contributed by atoms with Gasteiger partial charge >= 0.3 is 12.1 Å². The van der Waals surface area contributed by atoms with E-state index in [0.717, 1.165) is 24.0 Å². The summed E-state index contributed by atoms with van der Waals surface area (Å²) >= 11 is 0. The average molecular weight is 465 g/mol. The lowest BCUT2D eigenvalue weighted by molar-refractivity contribution is -0.137. The van der Waals surface area contributed by atoms with Gasteiger partial charge in [-0.05, 0) is 47.9 Å². The highest BCUT2D eigenvalue weighted by Crippen LogP contribution is 2.44. The van der Waals surface area contributed by atoms with Crippen LogP contribution in [0.5, 0.6) is 0 Å². The van der Waals surface area contributed by atoms with Crippen molar-refractivity contribution in [3.8, 4) is 11.1 Å². The molecule has 2 aliphatic carbocycles. The molecule has 1 fully saturated rings. The van der Waals surface area contributed by atoms with Gasteiger partial charge in [0.15, 0.2) is 0 Å². The normalized spacial score (nSPS) is 16.5. The molecule has 1 saturated carbocycles. The topological polar surface area (TPSA) is 105 Å². The Bertz CT molecular complexity index is 1020. The van der Waals surface area contributed by atoms with Gasteiger partial charge < -0.3 is 20.5 Å². The van der Waals surface area contributed by atoms with Gasteiger partial charge in [0.1, 0.15) is 6.61 Å². The van der Waals surface area contributed by atoms with Crippen LogP contribution in [0.25, 0.3) is 11.1 Å². The molecule has 0 spiro atoms. The van der Waals surface area contributed by atoms with Crippen molar-refractivity contribution in [2.45, 2.75) is 69.4 Å². The van der Waals surface area contributed by atoms with Crippen molar-refractivity contribution in [3.63, 3.8) is 0 Å². The molecule has 3 N–H and O–H groups in total. The molecule has 34 heavy (non-hydrogen) atoms. The van der Waals surface area contributed by atoms with Crippen LogP contribution in [0.3, 0.4) is 0 Å². The summed E-state index contributed by atoms with van der Waals surface area (Å²) < 4.78 is 5.67. The molecule has 0 aromatic heterocycles. The summed E-state index contributed by atoms with van der Waals surface area (Å²) in [6.07, 6.45) is 3.19. The number of ether oxygens (including phenoxy) is 1. The Morgan fingerprint density at radius 3 is 2.21 bits per heavy atom. The third-order valence-corrected chi connectivity index (χ3v) is 6.94. The number of alkyl carbamates (subject to hydrolysis) is 1. The summed E-state index contributed by atoms with van der Waals surface area (Å²) in [5, 5.41) is 14.9. The van der Waals surface area contributed by atoms with Crippen molar-refractivity contribution < 1.29 is 24.2 Å². The molecule has 0 radical (unpaired) electrons. The molecule has 2 aromatic carbocycles. The van der Waals surface area contributed by atoms with Crippen LogP contribution in [-0.4, -0.2) is 41.3 Å². The highest BCUT2D eigenvalue weighted by atomic mass is 16.5. The summed E-state index contributed by atoms with van der Waals surface area (Å²) in [5.74, 6) is -1.20. The first kappa shape index (κ1) is 23.8. The van der Waals surface area contributed by atoms with Crippen molar-refractivity contribution in [3.05, 3.63) is 59.7 Å². The standard InChI is InChI=1S/C27H32N2O5/c1-2-8-18(15-25(31)32)28-24(30)16-27(13-7-14-27)29-26(33)34-17-23-21-11-5-3-9-19(21)20-10-4-6-12-22(20)23/h3-6,9-12,18,23H,2,7-8,13-17H2,1H3,(H,28,30)(H,29,33)(H,31,32)/t18-/m0/s1. The van der Waals surface area contributed by atoms with Gasteiger partial charge in [0.25, 0.3) is 0 Å². The van der Waals surface area contributed by atoms with Gasteiger partial charge in [0.2, 0.25) is 5.91 Å². The zero-order valence-electron chi connectivity index (χ0n) is 19.5. The zero-order chi connectivity index (χ0) is 24.1. The number of amides is 2.